The van der Waals surface area contributed by atoms with E-state index < -0.39 is 15.3 Å². The fourth-order valence-electron chi connectivity index (χ4n) is 1.27. The highest BCUT2D eigenvalue weighted by molar-refractivity contribution is 7.91. The molecular formula is C13H28N2O3S. The molecule has 2 N–H and O–H groups in total. The van der Waals surface area contributed by atoms with Crippen LogP contribution in [-0.2, 0) is 14.6 Å². The van der Waals surface area contributed by atoms with E-state index in [1.165, 1.54) is 0 Å². The van der Waals surface area contributed by atoms with Gasteiger partial charge in [-0.3, -0.25) is 4.79 Å². The van der Waals surface area contributed by atoms with Crippen molar-refractivity contribution in [2.75, 3.05) is 24.6 Å². The lowest BCUT2D eigenvalue weighted by molar-refractivity contribution is -0.128. The molecule has 0 aliphatic carbocycles. The van der Waals surface area contributed by atoms with E-state index in [-0.39, 0.29) is 29.5 Å². The standard InChI is InChI=1S/C13H28N2O3S/c1-12(2,3)11(16)14-7-9-19(17,18)10-8-15-13(4,5)6/h15H,7-10H2,1-6H3,(H,14,16). The van der Waals surface area contributed by atoms with E-state index in [0.29, 0.717) is 6.54 Å². The summed E-state index contributed by atoms with van der Waals surface area (Å²) in [6.07, 6.45) is 0. The number of carbonyl (C=O) groups excluding carboxylic acids is 1. The van der Waals surface area contributed by atoms with Crippen molar-refractivity contribution in [2.45, 2.75) is 47.1 Å². The summed E-state index contributed by atoms with van der Waals surface area (Å²) in [5, 5.41) is 5.78. The minimum absolute atomic E-state index is 0.0133. The Kier molecular flexibility index (Phi) is 6.48. The van der Waals surface area contributed by atoms with Crippen molar-refractivity contribution < 1.29 is 13.2 Å². The summed E-state index contributed by atoms with van der Waals surface area (Å²) in [5.74, 6) is -0.0495. The van der Waals surface area contributed by atoms with Crippen LogP contribution in [0.2, 0.25) is 0 Å². The Morgan fingerprint density at radius 1 is 0.947 bits per heavy atom. The van der Waals surface area contributed by atoms with Crippen molar-refractivity contribution in [1.29, 1.82) is 0 Å². The third-order valence-electron chi connectivity index (χ3n) is 2.45. The molecule has 114 valence electrons. The molecule has 0 heterocycles. The van der Waals surface area contributed by atoms with Gasteiger partial charge in [0.2, 0.25) is 5.91 Å². The molecule has 0 aromatic rings. The number of sulfone groups is 1. The maximum atomic E-state index is 11.8. The second-order valence-electron chi connectivity index (χ2n) is 6.83. The largest absolute Gasteiger partial charge is 0.355 e. The van der Waals surface area contributed by atoms with Crippen molar-refractivity contribution >= 4 is 15.7 Å². The summed E-state index contributed by atoms with van der Waals surface area (Å²) >= 11 is 0. The highest BCUT2D eigenvalue weighted by Crippen LogP contribution is 2.12. The average molecular weight is 292 g/mol. The highest BCUT2D eigenvalue weighted by Gasteiger charge is 2.21. The molecule has 0 aromatic carbocycles. The van der Waals surface area contributed by atoms with Gasteiger partial charge in [-0.05, 0) is 20.8 Å². The first kappa shape index (κ1) is 18.4. The normalized spacial score (nSPS) is 13.4. The minimum Gasteiger partial charge on any atom is -0.355 e. The topological polar surface area (TPSA) is 75.3 Å². The van der Waals surface area contributed by atoms with E-state index in [2.05, 4.69) is 10.6 Å². The van der Waals surface area contributed by atoms with E-state index in [4.69, 9.17) is 0 Å². The van der Waals surface area contributed by atoms with Gasteiger partial charge in [-0.2, -0.15) is 0 Å². The lowest BCUT2D eigenvalue weighted by Gasteiger charge is -2.20. The molecule has 6 heteroatoms. The summed E-state index contributed by atoms with van der Waals surface area (Å²) in [6, 6.07) is 0. The number of rotatable bonds is 6. The number of hydrogen-bond donors (Lipinski definition) is 2. The van der Waals surface area contributed by atoms with E-state index in [1.54, 1.807) is 20.8 Å². The predicted octanol–water partition coefficient (Wildman–Crippen LogP) is 0.952. The average Bonchev–Trinajstić information content (AvgIpc) is 2.12. The molecule has 0 radical (unpaired) electrons. The van der Waals surface area contributed by atoms with Crippen LogP contribution in [0, 0.1) is 5.41 Å². The maximum Gasteiger partial charge on any atom is 0.225 e. The quantitative estimate of drug-likeness (QED) is 0.764. The second-order valence-corrected chi connectivity index (χ2v) is 9.14. The van der Waals surface area contributed by atoms with Gasteiger partial charge in [0.25, 0.3) is 0 Å². The molecule has 0 fully saturated rings. The van der Waals surface area contributed by atoms with Gasteiger partial charge in [0, 0.05) is 24.0 Å². The minimum atomic E-state index is -3.12. The Labute approximate surface area is 117 Å². The Balaban J connectivity index is 4.03. The van der Waals surface area contributed by atoms with Crippen molar-refractivity contribution in [3.05, 3.63) is 0 Å². The van der Waals surface area contributed by atoms with E-state index in [0.717, 1.165) is 0 Å². The van der Waals surface area contributed by atoms with E-state index in [9.17, 15) is 13.2 Å². The Hall–Kier alpha value is -0.620. The zero-order valence-corrected chi connectivity index (χ0v) is 13.8. The molecule has 0 aliphatic heterocycles. The Morgan fingerprint density at radius 2 is 1.42 bits per heavy atom. The molecule has 0 spiro atoms. The van der Waals surface area contributed by atoms with Gasteiger partial charge < -0.3 is 10.6 Å². The van der Waals surface area contributed by atoms with E-state index >= 15 is 0 Å². The van der Waals surface area contributed by atoms with Gasteiger partial charge in [0.15, 0.2) is 9.84 Å². The second kappa shape index (κ2) is 6.70. The van der Waals surface area contributed by atoms with Crippen LogP contribution in [0.5, 0.6) is 0 Å². The first-order chi connectivity index (χ1) is 8.33. The van der Waals surface area contributed by atoms with Gasteiger partial charge in [-0.1, -0.05) is 20.8 Å². The number of hydrogen-bond acceptors (Lipinski definition) is 4. The third-order valence-corrected chi connectivity index (χ3v) is 4.10. The van der Waals surface area contributed by atoms with Gasteiger partial charge in [0.1, 0.15) is 0 Å². The molecule has 0 bridgehead atoms. The number of amides is 1. The van der Waals surface area contributed by atoms with Crippen LogP contribution < -0.4 is 10.6 Å². The summed E-state index contributed by atoms with van der Waals surface area (Å²) in [7, 11) is -3.12. The molecular weight excluding hydrogens is 264 g/mol. The highest BCUT2D eigenvalue weighted by atomic mass is 32.2. The summed E-state index contributed by atoms with van der Waals surface area (Å²) < 4.78 is 23.5. The molecule has 19 heavy (non-hydrogen) atoms. The first-order valence-corrected chi connectivity index (χ1v) is 8.39. The SMILES string of the molecule is CC(C)(C)NCCS(=O)(=O)CCNC(=O)C(C)(C)C. The smallest absolute Gasteiger partial charge is 0.225 e. The third kappa shape index (κ3) is 9.90. The summed E-state index contributed by atoms with van der Waals surface area (Å²) in [6.45, 7) is 12.0. The van der Waals surface area contributed by atoms with Crippen molar-refractivity contribution in [3.8, 4) is 0 Å². The summed E-state index contributed by atoms with van der Waals surface area (Å²) in [4.78, 5) is 11.6. The number of nitrogens with one attached hydrogen (secondary N) is 2. The van der Waals surface area contributed by atoms with Crippen LogP contribution in [0.25, 0.3) is 0 Å². The Morgan fingerprint density at radius 3 is 1.84 bits per heavy atom. The lowest BCUT2D eigenvalue weighted by Crippen LogP contribution is -2.40. The van der Waals surface area contributed by atoms with Crippen molar-refractivity contribution in [3.63, 3.8) is 0 Å². The fourth-order valence-corrected chi connectivity index (χ4v) is 2.30. The van der Waals surface area contributed by atoms with Crippen molar-refractivity contribution in [1.82, 2.24) is 10.6 Å². The summed E-state index contributed by atoms with van der Waals surface area (Å²) in [5.41, 5.74) is -0.576. The molecule has 0 atom stereocenters. The molecule has 0 unspecified atom stereocenters. The van der Waals surface area contributed by atoms with E-state index in [1.807, 2.05) is 20.8 Å². The molecule has 0 aliphatic rings. The maximum absolute atomic E-state index is 11.8. The van der Waals surface area contributed by atoms with Crippen LogP contribution in [0.3, 0.4) is 0 Å². The van der Waals surface area contributed by atoms with Gasteiger partial charge in [-0.15, -0.1) is 0 Å². The molecule has 5 nitrogen and oxygen atoms in total. The molecule has 0 aromatic heterocycles. The van der Waals surface area contributed by atoms with Crippen LogP contribution in [0.15, 0.2) is 0 Å². The van der Waals surface area contributed by atoms with Crippen LogP contribution >= 0.6 is 0 Å². The molecule has 0 saturated carbocycles. The van der Waals surface area contributed by atoms with Crippen LogP contribution in [-0.4, -0.2) is 44.5 Å². The zero-order valence-electron chi connectivity index (χ0n) is 13.0. The van der Waals surface area contributed by atoms with Crippen molar-refractivity contribution in [2.24, 2.45) is 5.41 Å². The van der Waals surface area contributed by atoms with Crippen LogP contribution in [0.4, 0.5) is 0 Å². The fraction of sp³-hybridized carbons (Fsp3) is 0.923. The molecule has 0 rings (SSSR count). The first-order valence-electron chi connectivity index (χ1n) is 6.57. The Bertz CT molecular complexity index is 389. The monoisotopic (exact) mass is 292 g/mol. The predicted molar refractivity (Wildman–Crippen MR) is 78.9 cm³/mol. The van der Waals surface area contributed by atoms with Gasteiger partial charge in [-0.25, -0.2) is 8.42 Å². The molecule has 1 amide bonds. The molecule has 0 saturated heterocycles. The lowest BCUT2D eigenvalue weighted by atomic mass is 9.96. The number of carbonyl (C=O) groups is 1. The zero-order chi connectivity index (χ0) is 15.3. The van der Waals surface area contributed by atoms with Gasteiger partial charge in [0.05, 0.1) is 11.5 Å². The van der Waals surface area contributed by atoms with Crippen LogP contribution in [0.1, 0.15) is 41.5 Å². The van der Waals surface area contributed by atoms with Gasteiger partial charge >= 0.3 is 0 Å².